The van der Waals surface area contributed by atoms with E-state index in [1.54, 1.807) is 0 Å². The van der Waals surface area contributed by atoms with Crippen molar-refractivity contribution in [3.63, 3.8) is 0 Å². The van der Waals surface area contributed by atoms with E-state index in [2.05, 4.69) is 23.5 Å². The van der Waals surface area contributed by atoms with Crippen LogP contribution >= 0.6 is 11.8 Å². The van der Waals surface area contributed by atoms with Gasteiger partial charge in [0.25, 0.3) is 0 Å². The highest BCUT2D eigenvalue weighted by molar-refractivity contribution is 7.98. The smallest absolute Gasteiger partial charge is 0.105 e. The Morgan fingerprint density at radius 1 is 1.64 bits per heavy atom. The lowest BCUT2D eigenvalue weighted by atomic mass is 10.5. The second-order valence-electron chi connectivity index (χ2n) is 2.49. The number of aromatic nitrogens is 2. The van der Waals surface area contributed by atoms with Gasteiger partial charge in [-0.15, -0.1) is 0 Å². The molecular weight excluding hydrogens is 156 g/mol. The molecule has 0 unspecified atom stereocenters. The zero-order chi connectivity index (χ0) is 8.27. The van der Waals surface area contributed by atoms with Crippen molar-refractivity contribution in [3.05, 3.63) is 17.7 Å². The first-order valence-corrected chi connectivity index (χ1v) is 4.96. The maximum absolute atomic E-state index is 4.22. The van der Waals surface area contributed by atoms with Crippen molar-refractivity contribution in [1.82, 2.24) is 9.55 Å². The molecule has 0 amide bonds. The van der Waals surface area contributed by atoms with E-state index in [9.17, 15) is 0 Å². The van der Waals surface area contributed by atoms with E-state index in [0.29, 0.717) is 0 Å². The number of hydrogen-bond acceptors (Lipinski definition) is 2. The van der Waals surface area contributed by atoms with Crippen LogP contribution < -0.4 is 0 Å². The molecule has 1 heterocycles. The van der Waals surface area contributed by atoms with E-state index in [-0.39, 0.29) is 0 Å². The van der Waals surface area contributed by atoms with Gasteiger partial charge in [0.1, 0.15) is 5.82 Å². The quantitative estimate of drug-likeness (QED) is 0.690. The van der Waals surface area contributed by atoms with Crippen LogP contribution in [0.25, 0.3) is 0 Å². The zero-order valence-electron chi connectivity index (χ0n) is 7.29. The Bertz CT molecular complexity index is 230. The highest BCUT2D eigenvalue weighted by Gasteiger charge is 2.00. The maximum Gasteiger partial charge on any atom is 0.105 e. The number of aryl methyl sites for hydroxylation is 1. The molecule has 0 radical (unpaired) electrons. The van der Waals surface area contributed by atoms with Crippen LogP contribution in [-0.2, 0) is 12.8 Å². The molecule has 0 atom stereocenters. The summed E-state index contributed by atoms with van der Waals surface area (Å²) in [6.45, 7) is 4.20. The predicted molar refractivity (Wildman–Crippen MR) is 49.8 cm³/mol. The van der Waals surface area contributed by atoms with Crippen molar-refractivity contribution >= 4 is 11.8 Å². The lowest BCUT2D eigenvalue weighted by Crippen LogP contribution is -1.96. The summed E-state index contributed by atoms with van der Waals surface area (Å²) in [6, 6.07) is 0. The fraction of sp³-hybridized carbons (Fsp3) is 0.625. The second-order valence-corrected chi connectivity index (χ2v) is 3.77. The number of nitrogens with zero attached hydrogens (tertiary/aromatic N) is 2. The van der Waals surface area contributed by atoms with E-state index in [0.717, 1.165) is 11.6 Å². The highest BCUT2D eigenvalue weighted by atomic mass is 32.2. The monoisotopic (exact) mass is 170 g/mol. The van der Waals surface area contributed by atoms with Gasteiger partial charge in [-0.05, 0) is 12.7 Å². The van der Waals surface area contributed by atoms with Gasteiger partial charge in [0, 0.05) is 24.7 Å². The van der Waals surface area contributed by atoms with Gasteiger partial charge in [0.2, 0.25) is 0 Å². The fourth-order valence-corrected chi connectivity index (χ4v) is 1.57. The minimum absolute atomic E-state index is 1.08. The van der Waals surface area contributed by atoms with Gasteiger partial charge in [-0.3, -0.25) is 0 Å². The van der Waals surface area contributed by atoms with Crippen LogP contribution in [0.15, 0.2) is 6.20 Å². The van der Waals surface area contributed by atoms with Gasteiger partial charge >= 0.3 is 0 Å². The third-order valence-electron chi connectivity index (χ3n) is 1.77. The normalized spacial score (nSPS) is 10.5. The minimum atomic E-state index is 1.08. The van der Waals surface area contributed by atoms with Crippen molar-refractivity contribution in [3.8, 4) is 0 Å². The second kappa shape index (κ2) is 3.81. The number of rotatable bonds is 3. The topological polar surface area (TPSA) is 17.8 Å². The van der Waals surface area contributed by atoms with Gasteiger partial charge in [0.15, 0.2) is 0 Å². The summed E-state index contributed by atoms with van der Waals surface area (Å²) in [5.41, 5.74) is 1.31. The molecule has 11 heavy (non-hydrogen) atoms. The number of hydrogen-bond donors (Lipinski definition) is 0. The first-order chi connectivity index (χ1) is 5.25. The summed E-state index contributed by atoms with van der Waals surface area (Å²) in [5.74, 6) is 3.34. The standard InChI is InChI=1S/C8H14N2S/c1-4-11-6-8-5-9-7(2)10(8)3/h5H,4,6H2,1-3H3. The van der Waals surface area contributed by atoms with Gasteiger partial charge in [-0.1, -0.05) is 6.92 Å². The summed E-state index contributed by atoms with van der Waals surface area (Å²) in [6.07, 6.45) is 1.96. The molecule has 0 aliphatic heterocycles. The molecule has 0 bridgehead atoms. The Hall–Kier alpha value is -0.440. The van der Waals surface area contributed by atoms with E-state index in [1.807, 2.05) is 24.9 Å². The van der Waals surface area contributed by atoms with Crippen molar-refractivity contribution in [2.75, 3.05) is 5.75 Å². The molecule has 1 rings (SSSR count). The Balaban J connectivity index is 2.63. The van der Waals surface area contributed by atoms with Crippen molar-refractivity contribution in [2.24, 2.45) is 7.05 Å². The van der Waals surface area contributed by atoms with Gasteiger partial charge in [-0.2, -0.15) is 11.8 Å². The van der Waals surface area contributed by atoms with E-state index in [4.69, 9.17) is 0 Å². The molecular formula is C8H14N2S. The minimum Gasteiger partial charge on any atom is -0.335 e. The molecule has 0 aromatic carbocycles. The van der Waals surface area contributed by atoms with Crippen LogP contribution in [0.5, 0.6) is 0 Å². The molecule has 2 nitrogen and oxygen atoms in total. The summed E-state index contributed by atoms with van der Waals surface area (Å²) in [5, 5.41) is 0. The molecule has 3 heteroatoms. The maximum atomic E-state index is 4.22. The summed E-state index contributed by atoms with van der Waals surface area (Å²) >= 11 is 1.93. The molecule has 1 aromatic heterocycles. The van der Waals surface area contributed by atoms with Crippen LogP contribution in [0, 0.1) is 6.92 Å². The van der Waals surface area contributed by atoms with Crippen LogP contribution in [0.1, 0.15) is 18.4 Å². The molecule has 0 aliphatic rings. The summed E-state index contributed by atoms with van der Waals surface area (Å²) in [7, 11) is 2.06. The lowest BCUT2D eigenvalue weighted by Gasteiger charge is -2.01. The fourth-order valence-electron chi connectivity index (χ4n) is 0.890. The van der Waals surface area contributed by atoms with Crippen LogP contribution in [0.2, 0.25) is 0 Å². The largest absolute Gasteiger partial charge is 0.335 e. The van der Waals surface area contributed by atoms with Crippen molar-refractivity contribution in [1.29, 1.82) is 0 Å². The SMILES string of the molecule is CCSCc1cnc(C)n1C. The first kappa shape index (κ1) is 8.65. The zero-order valence-corrected chi connectivity index (χ0v) is 8.11. The Morgan fingerprint density at radius 3 is 2.82 bits per heavy atom. The molecule has 62 valence electrons. The lowest BCUT2D eigenvalue weighted by molar-refractivity contribution is 0.822. The van der Waals surface area contributed by atoms with E-state index in [1.165, 1.54) is 11.4 Å². The molecule has 0 saturated carbocycles. The number of imidazole rings is 1. The van der Waals surface area contributed by atoms with Gasteiger partial charge in [-0.25, -0.2) is 4.98 Å². The Morgan fingerprint density at radius 2 is 2.36 bits per heavy atom. The molecule has 0 spiro atoms. The molecule has 0 saturated heterocycles. The summed E-state index contributed by atoms with van der Waals surface area (Å²) < 4.78 is 2.14. The first-order valence-electron chi connectivity index (χ1n) is 3.80. The Labute approximate surface area is 72.0 Å². The van der Waals surface area contributed by atoms with Gasteiger partial charge in [0.05, 0.1) is 0 Å². The molecule has 1 aromatic rings. The Kier molecular flexibility index (Phi) is 3.00. The van der Waals surface area contributed by atoms with E-state index >= 15 is 0 Å². The van der Waals surface area contributed by atoms with Crippen molar-refractivity contribution in [2.45, 2.75) is 19.6 Å². The highest BCUT2D eigenvalue weighted by Crippen LogP contribution is 2.11. The predicted octanol–water partition coefficient (Wildman–Crippen LogP) is 1.98. The third kappa shape index (κ3) is 1.99. The summed E-state index contributed by atoms with van der Waals surface area (Å²) in [4.78, 5) is 4.22. The number of thioether (sulfide) groups is 1. The van der Waals surface area contributed by atoms with Crippen molar-refractivity contribution < 1.29 is 0 Å². The molecule has 0 fully saturated rings. The van der Waals surface area contributed by atoms with Crippen LogP contribution in [0.3, 0.4) is 0 Å². The molecule has 0 N–H and O–H groups in total. The third-order valence-corrected chi connectivity index (χ3v) is 2.68. The van der Waals surface area contributed by atoms with Crippen LogP contribution in [-0.4, -0.2) is 15.3 Å². The van der Waals surface area contributed by atoms with Gasteiger partial charge < -0.3 is 4.57 Å². The van der Waals surface area contributed by atoms with Crippen LogP contribution in [0.4, 0.5) is 0 Å². The molecule has 0 aliphatic carbocycles. The average Bonchev–Trinajstić information content (AvgIpc) is 2.31. The van der Waals surface area contributed by atoms with E-state index < -0.39 is 0 Å². The average molecular weight is 170 g/mol.